The van der Waals surface area contributed by atoms with E-state index < -0.39 is 0 Å². The summed E-state index contributed by atoms with van der Waals surface area (Å²) >= 11 is 6.90. The van der Waals surface area contributed by atoms with Crippen molar-refractivity contribution in [2.45, 2.75) is 25.9 Å². The van der Waals surface area contributed by atoms with Gasteiger partial charge >= 0.3 is 0 Å². The standard InChI is InChI=1S/C7H11ClN2OS/c1-7(2,11-3)4-5-9-6(8)10-12-5/h4H2,1-3H3. The summed E-state index contributed by atoms with van der Waals surface area (Å²) in [4.78, 5) is 4.04. The van der Waals surface area contributed by atoms with Gasteiger partial charge in [-0.1, -0.05) is 0 Å². The van der Waals surface area contributed by atoms with Crippen LogP contribution in [0, 0.1) is 0 Å². The molecule has 0 bridgehead atoms. The van der Waals surface area contributed by atoms with E-state index in [-0.39, 0.29) is 5.60 Å². The number of rotatable bonds is 3. The lowest BCUT2D eigenvalue weighted by Crippen LogP contribution is -2.25. The molecule has 0 aliphatic rings. The Balaban J connectivity index is 2.63. The van der Waals surface area contributed by atoms with Crippen LogP contribution in [0.2, 0.25) is 5.28 Å². The van der Waals surface area contributed by atoms with E-state index in [4.69, 9.17) is 16.3 Å². The van der Waals surface area contributed by atoms with Gasteiger partial charge in [-0.25, -0.2) is 4.98 Å². The summed E-state index contributed by atoms with van der Waals surface area (Å²) in [5.74, 6) is 0. The van der Waals surface area contributed by atoms with Gasteiger partial charge in [0.05, 0.1) is 5.60 Å². The Morgan fingerprint density at radius 2 is 2.25 bits per heavy atom. The molecule has 0 amide bonds. The third-order valence-electron chi connectivity index (χ3n) is 1.57. The van der Waals surface area contributed by atoms with Crippen LogP contribution in [0.4, 0.5) is 0 Å². The number of aromatic nitrogens is 2. The number of methoxy groups -OCH3 is 1. The molecule has 0 aromatic carbocycles. The maximum atomic E-state index is 5.58. The second kappa shape index (κ2) is 3.68. The molecule has 0 spiro atoms. The first kappa shape index (κ1) is 9.89. The summed E-state index contributed by atoms with van der Waals surface area (Å²) in [5.41, 5.74) is -0.192. The average Bonchev–Trinajstić information content (AvgIpc) is 2.35. The zero-order valence-electron chi connectivity index (χ0n) is 7.30. The van der Waals surface area contributed by atoms with Crippen molar-refractivity contribution in [3.63, 3.8) is 0 Å². The molecule has 3 nitrogen and oxygen atoms in total. The van der Waals surface area contributed by atoms with Crippen LogP contribution in [-0.4, -0.2) is 22.1 Å². The Morgan fingerprint density at radius 1 is 1.58 bits per heavy atom. The Labute approximate surface area is 80.9 Å². The van der Waals surface area contributed by atoms with Crippen molar-refractivity contribution in [1.29, 1.82) is 0 Å². The zero-order valence-corrected chi connectivity index (χ0v) is 8.87. The summed E-state index contributed by atoms with van der Waals surface area (Å²) in [6, 6.07) is 0. The lowest BCUT2D eigenvalue weighted by Gasteiger charge is -2.20. The van der Waals surface area contributed by atoms with E-state index >= 15 is 0 Å². The van der Waals surface area contributed by atoms with Gasteiger partial charge in [0.15, 0.2) is 0 Å². The first-order chi connectivity index (χ1) is 5.53. The van der Waals surface area contributed by atoms with Crippen molar-refractivity contribution in [2.75, 3.05) is 7.11 Å². The van der Waals surface area contributed by atoms with E-state index in [2.05, 4.69) is 9.36 Å². The van der Waals surface area contributed by atoms with Crippen molar-refractivity contribution in [2.24, 2.45) is 0 Å². The lowest BCUT2D eigenvalue weighted by atomic mass is 10.1. The number of hydrogen-bond donors (Lipinski definition) is 0. The van der Waals surface area contributed by atoms with Gasteiger partial charge in [-0.3, -0.25) is 0 Å². The number of ether oxygens (including phenoxy) is 1. The summed E-state index contributed by atoms with van der Waals surface area (Å²) < 4.78 is 9.12. The summed E-state index contributed by atoms with van der Waals surface area (Å²) in [6.07, 6.45) is 0.744. The van der Waals surface area contributed by atoms with E-state index in [1.165, 1.54) is 11.5 Å². The minimum atomic E-state index is -0.192. The van der Waals surface area contributed by atoms with Crippen molar-refractivity contribution in [1.82, 2.24) is 9.36 Å². The fourth-order valence-electron chi connectivity index (χ4n) is 0.742. The molecule has 0 fully saturated rings. The van der Waals surface area contributed by atoms with Gasteiger partial charge in [0, 0.05) is 13.5 Å². The van der Waals surface area contributed by atoms with Crippen LogP contribution in [-0.2, 0) is 11.2 Å². The maximum absolute atomic E-state index is 5.58. The quantitative estimate of drug-likeness (QED) is 0.760. The summed E-state index contributed by atoms with van der Waals surface area (Å²) in [7, 11) is 1.68. The minimum absolute atomic E-state index is 0.192. The highest BCUT2D eigenvalue weighted by Crippen LogP contribution is 2.18. The van der Waals surface area contributed by atoms with Gasteiger partial charge in [-0.05, 0) is 37.0 Å². The van der Waals surface area contributed by atoms with E-state index in [1.54, 1.807) is 7.11 Å². The third-order valence-corrected chi connectivity index (χ3v) is 2.55. The SMILES string of the molecule is COC(C)(C)Cc1nc(Cl)ns1. The van der Waals surface area contributed by atoms with Crippen molar-refractivity contribution in [3.05, 3.63) is 10.3 Å². The van der Waals surface area contributed by atoms with Gasteiger partial charge in [0.2, 0.25) is 5.28 Å². The van der Waals surface area contributed by atoms with E-state index in [0.717, 1.165) is 11.4 Å². The molecular formula is C7H11ClN2OS. The van der Waals surface area contributed by atoms with Gasteiger partial charge in [0.25, 0.3) is 0 Å². The molecule has 5 heteroatoms. The van der Waals surface area contributed by atoms with E-state index in [9.17, 15) is 0 Å². The molecular weight excluding hydrogens is 196 g/mol. The largest absolute Gasteiger partial charge is 0.378 e. The van der Waals surface area contributed by atoms with Gasteiger partial charge in [0.1, 0.15) is 5.01 Å². The number of halogens is 1. The minimum Gasteiger partial charge on any atom is -0.378 e. The first-order valence-corrected chi connectivity index (χ1v) is 4.72. The molecule has 1 heterocycles. The highest BCUT2D eigenvalue weighted by atomic mass is 35.5. The predicted molar refractivity (Wildman–Crippen MR) is 49.7 cm³/mol. The highest BCUT2D eigenvalue weighted by Gasteiger charge is 2.19. The molecule has 0 radical (unpaired) electrons. The highest BCUT2D eigenvalue weighted by molar-refractivity contribution is 7.05. The average molecular weight is 207 g/mol. The topological polar surface area (TPSA) is 35.0 Å². The van der Waals surface area contributed by atoms with E-state index in [1.807, 2.05) is 13.8 Å². The normalized spacial score (nSPS) is 12.0. The Hall–Kier alpha value is -0.190. The second-order valence-electron chi connectivity index (χ2n) is 3.10. The first-order valence-electron chi connectivity index (χ1n) is 3.57. The molecule has 1 aromatic heterocycles. The van der Waals surface area contributed by atoms with Gasteiger partial charge in [-0.2, -0.15) is 4.37 Å². The Bertz CT molecular complexity index is 262. The lowest BCUT2D eigenvalue weighted by molar-refractivity contribution is 0.0232. The molecule has 0 saturated carbocycles. The molecule has 0 N–H and O–H groups in total. The maximum Gasteiger partial charge on any atom is 0.234 e. The molecule has 0 atom stereocenters. The van der Waals surface area contributed by atoms with Gasteiger partial charge in [-0.15, -0.1) is 0 Å². The third kappa shape index (κ3) is 2.69. The number of nitrogens with zero attached hydrogens (tertiary/aromatic N) is 2. The van der Waals surface area contributed by atoms with Crippen LogP contribution in [0.1, 0.15) is 18.9 Å². The second-order valence-corrected chi connectivity index (χ2v) is 4.27. The Kier molecular flexibility index (Phi) is 3.04. The van der Waals surface area contributed by atoms with Crippen LogP contribution in [0.3, 0.4) is 0 Å². The molecule has 0 aliphatic heterocycles. The fourth-order valence-corrected chi connectivity index (χ4v) is 1.76. The fraction of sp³-hybridized carbons (Fsp3) is 0.714. The molecule has 12 heavy (non-hydrogen) atoms. The smallest absolute Gasteiger partial charge is 0.234 e. The van der Waals surface area contributed by atoms with Crippen LogP contribution >= 0.6 is 23.1 Å². The number of hydrogen-bond acceptors (Lipinski definition) is 4. The summed E-state index contributed by atoms with van der Waals surface area (Å²) in [5, 5.41) is 1.23. The molecule has 0 saturated heterocycles. The molecule has 0 unspecified atom stereocenters. The van der Waals surface area contributed by atoms with Crippen molar-refractivity contribution < 1.29 is 4.74 Å². The molecule has 1 rings (SSSR count). The van der Waals surface area contributed by atoms with Crippen LogP contribution in [0.5, 0.6) is 0 Å². The molecule has 68 valence electrons. The van der Waals surface area contributed by atoms with Crippen molar-refractivity contribution >= 4 is 23.1 Å². The summed E-state index contributed by atoms with van der Waals surface area (Å²) in [6.45, 7) is 4.00. The van der Waals surface area contributed by atoms with Gasteiger partial charge < -0.3 is 4.74 Å². The zero-order chi connectivity index (χ0) is 9.19. The van der Waals surface area contributed by atoms with E-state index in [0.29, 0.717) is 5.28 Å². The monoisotopic (exact) mass is 206 g/mol. The molecule has 1 aromatic rings. The van der Waals surface area contributed by atoms with Crippen molar-refractivity contribution in [3.8, 4) is 0 Å². The van der Waals surface area contributed by atoms with Crippen LogP contribution in [0.15, 0.2) is 0 Å². The van der Waals surface area contributed by atoms with Crippen LogP contribution < -0.4 is 0 Å². The molecule has 0 aliphatic carbocycles. The predicted octanol–water partition coefficient (Wildman–Crippen LogP) is 2.16. The Morgan fingerprint density at radius 3 is 2.67 bits per heavy atom. The van der Waals surface area contributed by atoms with Crippen LogP contribution in [0.25, 0.3) is 0 Å².